The molecule has 4 rings (SSSR count). The van der Waals surface area contributed by atoms with Crippen LogP contribution in [0.3, 0.4) is 0 Å². The lowest BCUT2D eigenvalue weighted by molar-refractivity contribution is -0.130. The highest BCUT2D eigenvalue weighted by Gasteiger charge is 2.20. The molecule has 0 aromatic heterocycles. The fourth-order valence-corrected chi connectivity index (χ4v) is 4.24. The summed E-state index contributed by atoms with van der Waals surface area (Å²) in [4.78, 5) is 17.3. The van der Waals surface area contributed by atoms with Crippen LogP contribution in [0.2, 0.25) is 0 Å². The molecule has 0 saturated carbocycles. The maximum Gasteiger partial charge on any atom is 0.227 e. The number of rotatable bonds is 8. The van der Waals surface area contributed by atoms with Gasteiger partial charge in [-0.05, 0) is 53.9 Å². The molecular weight excluding hydrogens is 428 g/mol. The van der Waals surface area contributed by atoms with Gasteiger partial charge in [0.05, 0.1) is 20.6 Å². The van der Waals surface area contributed by atoms with Crippen molar-refractivity contribution >= 4 is 5.91 Å². The molecule has 1 amide bonds. The highest BCUT2D eigenvalue weighted by Crippen LogP contribution is 2.31. The van der Waals surface area contributed by atoms with Crippen molar-refractivity contribution in [3.05, 3.63) is 83.9 Å². The summed E-state index contributed by atoms with van der Waals surface area (Å²) in [5, 5.41) is 0. The minimum absolute atomic E-state index is 0.169. The van der Waals surface area contributed by atoms with Gasteiger partial charge in [-0.1, -0.05) is 36.4 Å². The van der Waals surface area contributed by atoms with E-state index in [9.17, 15) is 4.79 Å². The third kappa shape index (κ3) is 6.29. The van der Waals surface area contributed by atoms with E-state index in [-0.39, 0.29) is 5.91 Å². The predicted octanol–water partition coefficient (Wildman–Crippen LogP) is 4.77. The van der Waals surface area contributed by atoms with Crippen LogP contribution >= 0.6 is 0 Å². The van der Waals surface area contributed by atoms with Crippen molar-refractivity contribution in [2.45, 2.75) is 19.4 Å². The molecule has 1 aliphatic heterocycles. The fourth-order valence-electron chi connectivity index (χ4n) is 4.24. The Bertz CT molecular complexity index is 1100. The van der Waals surface area contributed by atoms with Crippen molar-refractivity contribution in [3.63, 3.8) is 0 Å². The monoisotopic (exact) mass is 460 g/mol. The number of carbonyl (C=O) groups is 1. The number of carbonyl (C=O) groups excluding carboxylic acids is 1. The van der Waals surface area contributed by atoms with E-state index in [1.165, 1.54) is 5.56 Å². The topological polar surface area (TPSA) is 51.2 Å². The highest BCUT2D eigenvalue weighted by molar-refractivity contribution is 5.79. The standard InChI is InChI=1S/C28H32N2O4/c1-32-24-10-5-8-22(18-24)20-28(31)30-15-7-14-29(16-17-30)21-23-9-6-11-25(19-23)34-27-13-4-3-12-26(27)33-2/h3-6,8-13,18-19H,7,14-17,20-21H2,1-2H3. The normalized spacial score (nSPS) is 14.4. The third-order valence-corrected chi connectivity index (χ3v) is 6.03. The second-order valence-corrected chi connectivity index (χ2v) is 8.44. The van der Waals surface area contributed by atoms with Crippen LogP contribution in [0.25, 0.3) is 0 Å². The molecular formula is C28H32N2O4. The van der Waals surface area contributed by atoms with E-state index in [1.807, 2.05) is 65.6 Å². The molecule has 1 saturated heterocycles. The van der Waals surface area contributed by atoms with Crippen molar-refractivity contribution in [1.29, 1.82) is 0 Å². The Morgan fingerprint density at radius 2 is 1.50 bits per heavy atom. The first-order valence-corrected chi connectivity index (χ1v) is 11.7. The van der Waals surface area contributed by atoms with Crippen molar-refractivity contribution in [2.24, 2.45) is 0 Å². The first-order chi connectivity index (χ1) is 16.6. The first-order valence-electron chi connectivity index (χ1n) is 11.7. The fraction of sp³-hybridized carbons (Fsp3) is 0.321. The van der Waals surface area contributed by atoms with Gasteiger partial charge < -0.3 is 19.1 Å². The smallest absolute Gasteiger partial charge is 0.227 e. The zero-order chi connectivity index (χ0) is 23.8. The summed E-state index contributed by atoms with van der Waals surface area (Å²) < 4.78 is 16.7. The average Bonchev–Trinajstić information content (AvgIpc) is 3.10. The van der Waals surface area contributed by atoms with Crippen LogP contribution in [0.5, 0.6) is 23.0 Å². The Morgan fingerprint density at radius 1 is 0.765 bits per heavy atom. The van der Waals surface area contributed by atoms with Crippen LogP contribution in [-0.4, -0.2) is 56.1 Å². The minimum atomic E-state index is 0.169. The summed E-state index contributed by atoms with van der Waals surface area (Å²) in [6.45, 7) is 4.15. The molecule has 3 aromatic rings. The number of amides is 1. The molecule has 6 heteroatoms. The van der Waals surface area contributed by atoms with Crippen LogP contribution < -0.4 is 14.2 Å². The lowest BCUT2D eigenvalue weighted by atomic mass is 10.1. The van der Waals surface area contributed by atoms with Crippen LogP contribution in [0.1, 0.15) is 17.5 Å². The number of benzene rings is 3. The molecule has 0 unspecified atom stereocenters. The Morgan fingerprint density at radius 3 is 2.29 bits per heavy atom. The van der Waals surface area contributed by atoms with Crippen LogP contribution in [-0.2, 0) is 17.8 Å². The highest BCUT2D eigenvalue weighted by atomic mass is 16.5. The summed E-state index contributed by atoms with van der Waals surface area (Å²) in [6.07, 6.45) is 1.36. The lowest BCUT2D eigenvalue weighted by Crippen LogP contribution is -2.36. The molecule has 1 fully saturated rings. The molecule has 34 heavy (non-hydrogen) atoms. The van der Waals surface area contributed by atoms with Crippen molar-refractivity contribution in [3.8, 4) is 23.0 Å². The second kappa shape index (κ2) is 11.6. The van der Waals surface area contributed by atoms with E-state index in [0.717, 1.165) is 56.2 Å². The second-order valence-electron chi connectivity index (χ2n) is 8.44. The van der Waals surface area contributed by atoms with Crippen LogP contribution in [0, 0.1) is 0 Å². The van der Waals surface area contributed by atoms with E-state index in [2.05, 4.69) is 17.0 Å². The molecule has 3 aromatic carbocycles. The maximum atomic E-state index is 12.9. The van der Waals surface area contributed by atoms with Gasteiger partial charge in [0.2, 0.25) is 5.91 Å². The molecule has 1 aliphatic rings. The molecule has 0 aliphatic carbocycles. The van der Waals surface area contributed by atoms with Gasteiger partial charge >= 0.3 is 0 Å². The lowest BCUT2D eigenvalue weighted by Gasteiger charge is -2.22. The SMILES string of the molecule is COc1cccc(CC(=O)N2CCCN(Cc3cccc(Oc4ccccc4OC)c3)CC2)c1. The zero-order valence-electron chi connectivity index (χ0n) is 19.9. The summed E-state index contributed by atoms with van der Waals surface area (Å²) >= 11 is 0. The zero-order valence-corrected chi connectivity index (χ0v) is 19.9. The number of para-hydroxylation sites is 2. The molecule has 0 atom stereocenters. The Hall–Kier alpha value is -3.51. The number of nitrogens with zero attached hydrogens (tertiary/aromatic N) is 2. The van der Waals surface area contributed by atoms with Crippen LogP contribution in [0.15, 0.2) is 72.8 Å². The minimum Gasteiger partial charge on any atom is -0.497 e. The third-order valence-electron chi connectivity index (χ3n) is 6.03. The predicted molar refractivity (Wildman–Crippen MR) is 133 cm³/mol. The van der Waals surface area contributed by atoms with Crippen molar-refractivity contribution in [1.82, 2.24) is 9.80 Å². The van der Waals surface area contributed by atoms with Gasteiger partial charge in [-0.25, -0.2) is 0 Å². The van der Waals surface area contributed by atoms with Gasteiger partial charge in [0.25, 0.3) is 0 Å². The summed E-state index contributed by atoms with van der Waals surface area (Å²) in [6, 6.07) is 23.5. The Labute approximate surface area is 201 Å². The molecule has 0 spiro atoms. The van der Waals surface area contributed by atoms with E-state index >= 15 is 0 Å². The van der Waals surface area contributed by atoms with Crippen LogP contribution in [0.4, 0.5) is 0 Å². The Balaban J connectivity index is 1.33. The summed E-state index contributed by atoms with van der Waals surface area (Å²) in [7, 11) is 3.29. The van der Waals surface area contributed by atoms with Crippen molar-refractivity contribution in [2.75, 3.05) is 40.4 Å². The number of hydrogen-bond donors (Lipinski definition) is 0. The quantitative estimate of drug-likeness (QED) is 0.485. The molecule has 0 N–H and O–H groups in total. The Kier molecular flexibility index (Phi) is 8.04. The van der Waals surface area contributed by atoms with Gasteiger partial charge in [0.15, 0.2) is 11.5 Å². The van der Waals surface area contributed by atoms with Gasteiger partial charge in [-0.3, -0.25) is 9.69 Å². The van der Waals surface area contributed by atoms with E-state index < -0.39 is 0 Å². The summed E-state index contributed by atoms with van der Waals surface area (Å²) in [5.41, 5.74) is 2.17. The first kappa shape index (κ1) is 23.6. The summed E-state index contributed by atoms with van der Waals surface area (Å²) in [5.74, 6) is 3.14. The molecule has 1 heterocycles. The van der Waals surface area contributed by atoms with Gasteiger partial charge in [0, 0.05) is 32.7 Å². The average molecular weight is 461 g/mol. The number of ether oxygens (including phenoxy) is 3. The largest absolute Gasteiger partial charge is 0.497 e. The molecule has 0 bridgehead atoms. The molecule has 178 valence electrons. The number of methoxy groups -OCH3 is 2. The molecule has 0 radical (unpaired) electrons. The van der Waals surface area contributed by atoms with E-state index in [1.54, 1.807) is 14.2 Å². The number of hydrogen-bond acceptors (Lipinski definition) is 5. The van der Waals surface area contributed by atoms with Gasteiger partial charge in [0.1, 0.15) is 11.5 Å². The van der Waals surface area contributed by atoms with E-state index in [4.69, 9.17) is 14.2 Å². The van der Waals surface area contributed by atoms with Crippen molar-refractivity contribution < 1.29 is 19.0 Å². The van der Waals surface area contributed by atoms with Gasteiger partial charge in [-0.15, -0.1) is 0 Å². The molecule has 6 nitrogen and oxygen atoms in total. The van der Waals surface area contributed by atoms with Gasteiger partial charge in [-0.2, -0.15) is 0 Å². The maximum absolute atomic E-state index is 12.9. The van der Waals surface area contributed by atoms with E-state index in [0.29, 0.717) is 17.9 Å².